The first kappa shape index (κ1) is 16.3. The molecule has 26 heavy (non-hydrogen) atoms. The molecular weight excluding hydrogens is 354 g/mol. The van der Waals surface area contributed by atoms with Crippen LogP contribution in [-0.4, -0.2) is 33.9 Å². The molecule has 0 aliphatic carbocycles. The number of nitrogens with one attached hydrogen (secondary N) is 1. The lowest BCUT2D eigenvalue weighted by atomic mass is 10.2. The second-order valence-electron chi connectivity index (χ2n) is 5.78. The third-order valence-corrected chi connectivity index (χ3v) is 5.05. The van der Waals surface area contributed by atoms with Gasteiger partial charge in [-0.25, -0.2) is 9.78 Å². The van der Waals surface area contributed by atoms with Gasteiger partial charge in [0, 0.05) is 14.1 Å². The summed E-state index contributed by atoms with van der Waals surface area (Å²) in [5.41, 5.74) is 0.734. The van der Waals surface area contributed by atoms with Crippen LogP contribution in [-0.2, 0) is 20.6 Å². The topological polar surface area (TPSA) is 103 Å². The molecule has 0 bridgehead atoms. The molecule has 1 aromatic carbocycles. The highest BCUT2D eigenvalue weighted by molar-refractivity contribution is 7.99. The van der Waals surface area contributed by atoms with Crippen LogP contribution in [0.25, 0.3) is 11.2 Å². The van der Waals surface area contributed by atoms with Crippen LogP contribution in [0.5, 0.6) is 0 Å². The summed E-state index contributed by atoms with van der Waals surface area (Å²) in [7, 11) is 3.41. The molecule has 0 unspecified atom stereocenters. The number of nitrogens with zero attached hydrogens (tertiary/aromatic N) is 6. The smallest absolute Gasteiger partial charge is 0.311 e. The van der Waals surface area contributed by atoms with Gasteiger partial charge in [0.1, 0.15) is 6.33 Å². The predicted octanol–water partition coefficient (Wildman–Crippen LogP) is 0.751. The fraction of sp³-hybridized carbons (Fsp3) is 0.188. The van der Waals surface area contributed by atoms with E-state index >= 15 is 0 Å². The molecule has 3 aromatic heterocycles. The first-order valence-electron chi connectivity index (χ1n) is 7.80. The third kappa shape index (κ3) is 2.73. The first-order valence-corrected chi connectivity index (χ1v) is 8.61. The number of aromatic amines is 1. The average molecular weight is 369 g/mol. The molecule has 0 radical (unpaired) electrons. The van der Waals surface area contributed by atoms with Crippen LogP contribution in [0.4, 0.5) is 0 Å². The molecule has 0 amide bonds. The molecule has 1 N–H and O–H groups in total. The Hall–Kier alpha value is -3.14. The summed E-state index contributed by atoms with van der Waals surface area (Å²) in [6.45, 7) is 0.443. The molecule has 10 heteroatoms. The van der Waals surface area contributed by atoms with E-state index in [-0.39, 0.29) is 0 Å². The highest BCUT2D eigenvalue weighted by Crippen LogP contribution is 2.27. The van der Waals surface area contributed by atoms with Gasteiger partial charge in [0.05, 0.1) is 6.54 Å². The van der Waals surface area contributed by atoms with E-state index in [4.69, 9.17) is 0 Å². The minimum absolute atomic E-state index is 0.333. The summed E-state index contributed by atoms with van der Waals surface area (Å²) in [6, 6.07) is 9.74. The molecule has 4 aromatic rings. The molecule has 0 fully saturated rings. The first-order chi connectivity index (χ1) is 12.5. The highest BCUT2D eigenvalue weighted by Gasteiger charge is 2.19. The number of aromatic nitrogens is 7. The predicted molar refractivity (Wildman–Crippen MR) is 96.3 cm³/mol. The van der Waals surface area contributed by atoms with Gasteiger partial charge in [-0.3, -0.25) is 14.3 Å². The normalized spacial score (nSPS) is 11.3. The Morgan fingerprint density at radius 3 is 2.58 bits per heavy atom. The van der Waals surface area contributed by atoms with Crippen LogP contribution in [0.2, 0.25) is 0 Å². The van der Waals surface area contributed by atoms with E-state index in [0.29, 0.717) is 28.0 Å². The van der Waals surface area contributed by atoms with Gasteiger partial charge < -0.3 is 9.13 Å². The Morgan fingerprint density at radius 2 is 1.88 bits per heavy atom. The van der Waals surface area contributed by atoms with E-state index in [1.165, 1.54) is 16.3 Å². The maximum absolute atomic E-state index is 12.5. The van der Waals surface area contributed by atoms with E-state index in [9.17, 15) is 9.59 Å². The van der Waals surface area contributed by atoms with Crippen LogP contribution < -0.4 is 11.2 Å². The number of fused-ring (bicyclic) bond motifs is 1. The zero-order chi connectivity index (χ0) is 18.3. The molecule has 0 aliphatic heterocycles. The summed E-state index contributed by atoms with van der Waals surface area (Å²) in [5, 5.41) is 9.12. The molecule has 0 saturated heterocycles. The van der Waals surface area contributed by atoms with Gasteiger partial charge in [0.2, 0.25) is 0 Å². The quantitative estimate of drug-likeness (QED) is 0.569. The summed E-state index contributed by atoms with van der Waals surface area (Å²) in [5.74, 6) is 0. The van der Waals surface area contributed by atoms with Crippen molar-refractivity contribution in [2.45, 2.75) is 16.9 Å². The van der Waals surface area contributed by atoms with Crippen LogP contribution in [0.1, 0.15) is 5.56 Å². The minimum atomic E-state index is -0.498. The molecule has 0 saturated carbocycles. The average Bonchev–Trinajstić information content (AvgIpc) is 3.19. The van der Waals surface area contributed by atoms with Gasteiger partial charge in [-0.2, -0.15) is 0 Å². The second-order valence-corrected chi connectivity index (χ2v) is 6.72. The van der Waals surface area contributed by atoms with Gasteiger partial charge in [-0.1, -0.05) is 30.3 Å². The SMILES string of the molecule is Cn1cnnc1Sc1nc2c(c(=O)[nH]c(=O)n2C)n1Cc1ccccc1. The number of H-pyrrole nitrogens is 1. The van der Waals surface area contributed by atoms with E-state index in [1.54, 1.807) is 22.5 Å². The Morgan fingerprint density at radius 1 is 1.12 bits per heavy atom. The molecule has 4 rings (SSSR count). The lowest BCUT2D eigenvalue weighted by molar-refractivity contribution is 0.719. The Labute approximate surface area is 151 Å². The van der Waals surface area contributed by atoms with Crippen LogP contribution >= 0.6 is 11.8 Å². The maximum Gasteiger partial charge on any atom is 0.329 e. The van der Waals surface area contributed by atoms with Crippen molar-refractivity contribution < 1.29 is 0 Å². The largest absolute Gasteiger partial charge is 0.329 e. The second kappa shape index (κ2) is 6.30. The van der Waals surface area contributed by atoms with Crippen molar-refractivity contribution in [1.29, 1.82) is 0 Å². The van der Waals surface area contributed by atoms with Crippen molar-refractivity contribution >= 4 is 22.9 Å². The summed E-state index contributed by atoms with van der Waals surface area (Å²) in [4.78, 5) is 31.3. The van der Waals surface area contributed by atoms with Crippen molar-refractivity contribution in [3.63, 3.8) is 0 Å². The lowest BCUT2D eigenvalue weighted by Gasteiger charge is -2.08. The summed E-state index contributed by atoms with van der Waals surface area (Å²) in [6.07, 6.45) is 1.59. The van der Waals surface area contributed by atoms with Gasteiger partial charge in [0.15, 0.2) is 21.5 Å². The van der Waals surface area contributed by atoms with Crippen LogP contribution in [0, 0.1) is 0 Å². The number of imidazole rings is 1. The molecule has 9 nitrogen and oxygen atoms in total. The number of rotatable bonds is 4. The van der Waals surface area contributed by atoms with Crippen molar-refractivity contribution in [2.75, 3.05) is 0 Å². The Balaban J connectivity index is 1.94. The number of hydrogen-bond donors (Lipinski definition) is 1. The molecular formula is C16H15N7O2S. The number of hydrogen-bond acceptors (Lipinski definition) is 6. The minimum Gasteiger partial charge on any atom is -0.311 e. The zero-order valence-corrected chi connectivity index (χ0v) is 14.9. The lowest BCUT2D eigenvalue weighted by Crippen LogP contribution is -2.29. The van der Waals surface area contributed by atoms with Crippen molar-refractivity contribution in [3.8, 4) is 0 Å². The van der Waals surface area contributed by atoms with E-state index in [2.05, 4.69) is 20.2 Å². The van der Waals surface area contributed by atoms with E-state index < -0.39 is 11.2 Å². The van der Waals surface area contributed by atoms with Crippen LogP contribution in [0.3, 0.4) is 0 Å². The zero-order valence-electron chi connectivity index (χ0n) is 14.1. The monoisotopic (exact) mass is 369 g/mol. The molecule has 132 valence electrons. The Kier molecular flexibility index (Phi) is 3.96. The molecule has 0 spiro atoms. The molecule has 0 aliphatic rings. The summed E-state index contributed by atoms with van der Waals surface area (Å²) < 4.78 is 4.89. The van der Waals surface area contributed by atoms with Crippen molar-refractivity contribution in [3.05, 3.63) is 63.1 Å². The van der Waals surface area contributed by atoms with Crippen molar-refractivity contribution in [2.24, 2.45) is 14.1 Å². The van der Waals surface area contributed by atoms with Crippen LogP contribution in [0.15, 0.2) is 56.6 Å². The molecule has 3 heterocycles. The van der Waals surface area contributed by atoms with Gasteiger partial charge in [-0.05, 0) is 17.3 Å². The highest BCUT2D eigenvalue weighted by atomic mass is 32.2. The number of aryl methyl sites for hydroxylation is 2. The number of benzene rings is 1. The Bertz CT molecular complexity index is 1200. The standard InChI is InChI=1S/C16H15N7O2S/c1-21-9-17-20-16(21)26-15-18-12-11(13(24)19-14(25)22(12)2)23(15)8-10-6-4-3-5-7-10/h3-7,9H,8H2,1-2H3,(H,19,24,25). The summed E-state index contributed by atoms with van der Waals surface area (Å²) >= 11 is 1.29. The fourth-order valence-corrected chi connectivity index (χ4v) is 3.49. The van der Waals surface area contributed by atoms with Crippen molar-refractivity contribution in [1.82, 2.24) is 33.9 Å². The third-order valence-electron chi connectivity index (χ3n) is 4.01. The van der Waals surface area contributed by atoms with E-state index in [1.807, 2.05) is 37.4 Å². The van der Waals surface area contributed by atoms with Gasteiger partial charge >= 0.3 is 5.69 Å². The van der Waals surface area contributed by atoms with Gasteiger partial charge in [-0.15, -0.1) is 10.2 Å². The maximum atomic E-state index is 12.5. The molecule has 0 atom stereocenters. The fourth-order valence-electron chi connectivity index (χ4n) is 2.65. The van der Waals surface area contributed by atoms with E-state index in [0.717, 1.165) is 5.56 Å². The van der Waals surface area contributed by atoms with Gasteiger partial charge in [0.25, 0.3) is 5.56 Å².